The molecule has 0 radical (unpaired) electrons. The lowest BCUT2D eigenvalue weighted by Crippen LogP contribution is -2.36. The van der Waals surface area contributed by atoms with Crippen LogP contribution in [0.3, 0.4) is 0 Å². The normalized spacial score (nSPS) is 10.3. The molecule has 0 saturated carbocycles. The number of aryl methyl sites for hydroxylation is 1. The van der Waals surface area contributed by atoms with Crippen molar-refractivity contribution in [2.24, 2.45) is 0 Å². The number of nitrogens with zero attached hydrogens (tertiary/aromatic N) is 1. The van der Waals surface area contributed by atoms with Gasteiger partial charge in [0.15, 0.2) is 0 Å². The van der Waals surface area contributed by atoms with E-state index >= 15 is 0 Å². The molecule has 1 aromatic heterocycles. The Hall–Kier alpha value is -2.10. The number of rotatable bonds is 2. The Labute approximate surface area is 92.2 Å². The van der Waals surface area contributed by atoms with Gasteiger partial charge in [-0.3, -0.25) is 9.36 Å². The summed E-state index contributed by atoms with van der Waals surface area (Å²) in [5.74, 6) is 0. The zero-order valence-corrected chi connectivity index (χ0v) is 8.93. The van der Waals surface area contributed by atoms with Gasteiger partial charge < -0.3 is 4.98 Å². The lowest BCUT2D eigenvalue weighted by atomic mass is 10.2. The zero-order chi connectivity index (χ0) is 11.5. The van der Waals surface area contributed by atoms with Crippen molar-refractivity contribution in [2.45, 2.75) is 13.5 Å². The van der Waals surface area contributed by atoms with E-state index in [9.17, 15) is 9.59 Å². The summed E-state index contributed by atoms with van der Waals surface area (Å²) < 4.78 is 1.20. The third kappa shape index (κ3) is 1.95. The van der Waals surface area contributed by atoms with E-state index in [2.05, 4.69) is 4.98 Å². The van der Waals surface area contributed by atoms with Gasteiger partial charge in [0.25, 0.3) is 5.56 Å². The first-order valence-corrected chi connectivity index (χ1v) is 5.01. The molecule has 0 aliphatic rings. The fraction of sp³-hybridized carbons (Fsp3) is 0.167. The number of H-pyrrole nitrogens is 1. The van der Waals surface area contributed by atoms with E-state index in [1.807, 2.05) is 30.3 Å². The average Bonchev–Trinajstić information content (AvgIpc) is 2.31. The highest BCUT2D eigenvalue weighted by Gasteiger charge is 2.04. The van der Waals surface area contributed by atoms with Crippen LogP contribution in [0.4, 0.5) is 0 Å². The Bertz CT molecular complexity index is 596. The maximum absolute atomic E-state index is 11.7. The van der Waals surface area contributed by atoms with Crippen LogP contribution >= 0.6 is 0 Å². The monoisotopic (exact) mass is 216 g/mol. The first-order valence-electron chi connectivity index (χ1n) is 5.01. The van der Waals surface area contributed by atoms with Gasteiger partial charge in [-0.15, -0.1) is 0 Å². The molecule has 2 rings (SSSR count). The van der Waals surface area contributed by atoms with Crippen LogP contribution in [0.2, 0.25) is 0 Å². The Morgan fingerprint density at radius 1 is 1.19 bits per heavy atom. The van der Waals surface area contributed by atoms with Crippen molar-refractivity contribution in [1.82, 2.24) is 9.55 Å². The van der Waals surface area contributed by atoms with Crippen LogP contribution in [0.25, 0.3) is 0 Å². The highest BCUT2D eigenvalue weighted by molar-refractivity contribution is 5.15. The second-order valence-electron chi connectivity index (χ2n) is 3.65. The minimum absolute atomic E-state index is 0.243. The number of benzene rings is 1. The number of nitrogens with one attached hydrogen (secondary N) is 1. The van der Waals surface area contributed by atoms with Crippen molar-refractivity contribution >= 4 is 0 Å². The van der Waals surface area contributed by atoms with Gasteiger partial charge in [0.2, 0.25) is 0 Å². The molecular formula is C12H12N2O2. The van der Waals surface area contributed by atoms with Gasteiger partial charge in [0.1, 0.15) is 0 Å². The smallest absolute Gasteiger partial charge is 0.314 e. The quantitative estimate of drug-likeness (QED) is 0.810. The van der Waals surface area contributed by atoms with Crippen LogP contribution in [-0.4, -0.2) is 9.55 Å². The van der Waals surface area contributed by atoms with Crippen LogP contribution in [0, 0.1) is 6.92 Å². The SMILES string of the molecule is Cc1c[nH]c(=O)n(Cc2ccccc2)c1=O. The molecule has 4 heteroatoms. The Morgan fingerprint density at radius 3 is 2.56 bits per heavy atom. The van der Waals surface area contributed by atoms with Gasteiger partial charge >= 0.3 is 5.69 Å². The molecule has 0 amide bonds. The molecule has 0 bridgehead atoms. The van der Waals surface area contributed by atoms with E-state index in [-0.39, 0.29) is 11.2 Å². The molecule has 82 valence electrons. The molecule has 1 N–H and O–H groups in total. The molecule has 0 aliphatic carbocycles. The molecule has 0 unspecified atom stereocenters. The third-order valence-electron chi connectivity index (χ3n) is 2.42. The summed E-state index contributed by atoms with van der Waals surface area (Å²) in [7, 11) is 0. The summed E-state index contributed by atoms with van der Waals surface area (Å²) >= 11 is 0. The lowest BCUT2D eigenvalue weighted by Gasteiger charge is -2.04. The molecule has 0 fully saturated rings. The van der Waals surface area contributed by atoms with E-state index in [0.29, 0.717) is 12.1 Å². The summed E-state index contributed by atoms with van der Waals surface area (Å²) in [5, 5.41) is 0. The maximum Gasteiger partial charge on any atom is 0.328 e. The Balaban J connectivity index is 2.47. The largest absolute Gasteiger partial charge is 0.328 e. The second kappa shape index (κ2) is 4.18. The summed E-state index contributed by atoms with van der Waals surface area (Å²) in [5.41, 5.74) is 0.850. The van der Waals surface area contributed by atoms with Crippen LogP contribution < -0.4 is 11.2 Å². The van der Waals surface area contributed by atoms with Crippen LogP contribution in [0.5, 0.6) is 0 Å². The second-order valence-corrected chi connectivity index (χ2v) is 3.65. The third-order valence-corrected chi connectivity index (χ3v) is 2.42. The number of hydrogen-bond donors (Lipinski definition) is 1. The minimum Gasteiger partial charge on any atom is -0.314 e. The van der Waals surface area contributed by atoms with E-state index in [1.165, 1.54) is 10.8 Å². The summed E-state index contributed by atoms with van der Waals surface area (Å²) in [6, 6.07) is 9.42. The predicted molar refractivity (Wildman–Crippen MR) is 61.6 cm³/mol. The van der Waals surface area contributed by atoms with Gasteiger partial charge in [0.05, 0.1) is 6.54 Å². The van der Waals surface area contributed by atoms with Gasteiger partial charge in [0, 0.05) is 11.8 Å². The number of aromatic nitrogens is 2. The summed E-state index contributed by atoms with van der Waals surface area (Å²) in [4.78, 5) is 25.8. The average molecular weight is 216 g/mol. The molecule has 0 atom stereocenters. The van der Waals surface area contributed by atoms with E-state index in [4.69, 9.17) is 0 Å². The van der Waals surface area contributed by atoms with Crippen molar-refractivity contribution < 1.29 is 0 Å². The van der Waals surface area contributed by atoms with Gasteiger partial charge in [-0.1, -0.05) is 30.3 Å². The van der Waals surface area contributed by atoms with Crippen molar-refractivity contribution in [3.05, 3.63) is 68.5 Å². The first-order chi connectivity index (χ1) is 7.68. The number of aromatic amines is 1. The molecule has 4 nitrogen and oxygen atoms in total. The van der Waals surface area contributed by atoms with Crippen LogP contribution in [0.15, 0.2) is 46.1 Å². The minimum atomic E-state index is -0.376. The zero-order valence-electron chi connectivity index (χ0n) is 8.93. The van der Waals surface area contributed by atoms with E-state index in [0.717, 1.165) is 5.56 Å². The number of hydrogen-bond acceptors (Lipinski definition) is 2. The Kier molecular flexibility index (Phi) is 2.72. The fourth-order valence-electron chi connectivity index (χ4n) is 1.52. The van der Waals surface area contributed by atoms with Crippen molar-refractivity contribution in [1.29, 1.82) is 0 Å². The van der Waals surface area contributed by atoms with Crippen molar-refractivity contribution in [2.75, 3.05) is 0 Å². The molecule has 16 heavy (non-hydrogen) atoms. The van der Waals surface area contributed by atoms with E-state index in [1.54, 1.807) is 6.92 Å². The fourth-order valence-corrected chi connectivity index (χ4v) is 1.52. The highest BCUT2D eigenvalue weighted by Crippen LogP contribution is 1.98. The van der Waals surface area contributed by atoms with Gasteiger partial charge in [-0.25, -0.2) is 4.79 Å². The lowest BCUT2D eigenvalue weighted by molar-refractivity contribution is 0.691. The van der Waals surface area contributed by atoms with Crippen LogP contribution in [-0.2, 0) is 6.54 Å². The predicted octanol–water partition coefficient (Wildman–Crippen LogP) is 0.893. The Morgan fingerprint density at radius 2 is 1.88 bits per heavy atom. The topological polar surface area (TPSA) is 54.9 Å². The van der Waals surface area contributed by atoms with Gasteiger partial charge in [-0.05, 0) is 12.5 Å². The van der Waals surface area contributed by atoms with Crippen molar-refractivity contribution in [3.8, 4) is 0 Å². The maximum atomic E-state index is 11.7. The highest BCUT2D eigenvalue weighted by atomic mass is 16.2. The molecular weight excluding hydrogens is 204 g/mol. The molecule has 2 aromatic rings. The van der Waals surface area contributed by atoms with E-state index < -0.39 is 0 Å². The first kappa shape index (κ1) is 10.4. The van der Waals surface area contributed by atoms with Crippen LogP contribution in [0.1, 0.15) is 11.1 Å². The van der Waals surface area contributed by atoms with Crippen molar-refractivity contribution in [3.63, 3.8) is 0 Å². The molecule has 0 aliphatic heterocycles. The van der Waals surface area contributed by atoms with Gasteiger partial charge in [-0.2, -0.15) is 0 Å². The molecule has 1 aromatic carbocycles. The summed E-state index contributed by atoms with van der Waals surface area (Å²) in [6.07, 6.45) is 1.44. The summed E-state index contributed by atoms with van der Waals surface area (Å²) in [6.45, 7) is 1.98. The molecule has 0 saturated heterocycles. The molecule has 1 heterocycles. The standard InChI is InChI=1S/C12H12N2O2/c1-9-7-13-12(16)14(11(9)15)8-10-5-3-2-4-6-10/h2-7H,8H2,1H3,(H,13,16). The molecule has 0 spiro atoms.